The number of esters is 3. The smallest absolute Gasteiger partial charge is 0.310 e. The van der Waals surface area contributed by atoms with Gasteiger partial charge in [0, 0.05) is 36.3 Å². The molecule has 8 nitrogen and oxygen atoms in total. The second-order valence-electron chi connectivity index (χ2n) is 18.2. The Bertz CT molecular complexity index is 1770. The van der Waals surface area contributed by atoms with Crippen molar-refractivity contribution in [2.45, 2.75) is 123 Å². The van der Waals surface area contributed by atoms with Crippen LogP contribution >= 0.6 is 0 Å². The molecule has 0 unspecified atom stereocenters. The molecule has 0 radical (unpaired) electrons. The Kier molecular flexibility index (Phi) is 8.42. The number of benzene rings is 2. The van der Waals surface area contributed by atoms with E-state index in [1.165, 1.54) is 42.5 Å². The molecule has 278 valence electrons. The van der Waals surface area contributed by atoms with Gasteiger partial charge in [0.1, 0.15) is 12.2 Å². The summed E-state index contributed by atoms with van der Waals surface area (Å²) in [6, 6.07) is 13.0. The van der Waals surface area contributed by atoms with Gasteiger partial charge < -0.3 is 24.0 Å². The fourth-order valence-electron chi connectivity index (χ4n) is 13.2. The molecule has 4 aliphatic carbocycles. The number of ether oxygens (including phenoxy) is 3. The second kappa shape index (κ2) is 12.8. The maximum atomic E-state index is 14.2. The van der Waals surface area contributed by atoms with Crippen molar-refractivity contribution in [3.8, 4) is 0 Å². The molecule has 8 heteroatoms. The van der Waals surface area contributed by atoms with Crippen LogP contribution in [0.1, 0.15) is 107 Å². The van der Waals surface area contributed by atoms with E-state index in [2.05, 4.69) is 67.0 Å². The lowest BCUT2D eigenvalue weighted by Crippen LogP contribution is -2.59. The molecule has 9 aliphatic heterocycles. The molecule has 10 atom stereocenters. The zero-order chi connectivity index (χ0) is 35.9. The van der Waals surface area contributed by atoms with Crippen LogP contribution in [0.25, 0.3) is 0 Å². The monoisotopic (exact) mass is 708 g/mol. The van der Waals surface area contributed by atoms with E-state index in [1.807, 2.05) is 0 Å². The highest BCUT2D eigenvalue weighted by molar-refractivity contribution is 5.76. The van der Waals surface area contributed by atoms with Crippen molar-refractivity contribution in [1.29, 1.82) is 0 Å². The predicted octanol–water partition coefficient (Wildman–Crippen LogP) is 7.76. The number of hydrogen-bond acceptors (Lipinski definition) is 8. The van der Waals surface area contributed by atoms with Gasteiger partial charge in [0.05, 0.1) is 26.6 Å². The number of carbonyl (C=O) groups is 3. The SMILES string of the molecule is COC(=O)CC[C@@H](C)[C@H]1CC[C@H]2[C@@H]3CC[C@@H]4C[C@H]5CC[C@]4(C)[C@H]3C[C@H](OC(=O)Cc3ccc4c(c3)CN3CN4Cc4cc(ccc43)CC(=O)O5)[C@]12C. The van der Waals surface area contributed by atoms with Crippen LogP contribution < -0.4 is 9.80 Å². The van der Waals surface area contributed by atoms with Crippen molar-refractivity contribution < 1.29 is 28.6 Å². The van der Waals surface area contributed by atoms with Crippen LogP contribution in [0, 0.1) is 46.3 Å². The summed E-state index contributed by atoms with van der Waals surface area (Å²) in [6.45, 7) is 9.65. The molecule has 0 amide bonds. The van der Waals surface area contributed by atoms with Gasteiger partial charge in [-0.25, -0.2) is 0 Å². The Balaban J connectivity index is 1.07. The number of hydrogen-bond donors (Lipinski definition) is 0. The number of rotatable bonds is 4. The molecule has 0 N–H and O–H groups in total. The quantitative estimate of drug-likeness (QED) is 0.236. The molecule has 4 saturated carbocycles. The minimum Gasteiger partial charge on any atom is -0.469 e. The number of carbonyl (C=O) groups excluding carboxylic acids is 3. The van der Waals surface area contributed by atoms with Crippen molar-refractivity contribution in [2.24, 2.45) is 46.3 Å². The number of methoxy groups -OCH3 is 1. The van der Waals surface area contributed by atoms with Crippen LogP contribution in [0.2, 0.25) is 0 Å². The van der Waals surface area contributed by atoms with Gasteiger partial charge in [0.15, 0.2) is 0 Å². The summed E-state index contributed by atoms with van der Waals surface area (Å²) in [5.74, 6) is 2.36. The van der Waals surface area contributed by atoms with E-state index < -0.39 is 0 Å². The molecule has 0 aromatic heterocycles. The van der Waals surface area contributed by atoms with E-state index in [-0.39, 0.29) is 47.4 Å². The molecule has 0 saturated heterocycles. The highest BCUT2D eigenvalue weighted by Gasteiger charge is 2.65. The standard InChI is InChI=1S/C44H56N2O6/c1-26(5-14-40(47)50-4)34-10-11-35-33-9-8-31-21-32-15-16-43(31,2)36(33)22-39(44(34,35)3)52-42(49)20-28-7-13-38-30(18-28)24-46-25-45(38)23-29-17-27(6-12-37(29)46)19-41(48)51-32/h6-7,12-13,17-18,26,31-36,39H,5,8-11,14-16,19-25H2,1-4H3/t26-,31-,32-,33+,34-,35+,36+,39+,43+,44-/m1/s1. The van der Waals surface area contributed by atoms with Crippen molar-refractivity contribution in [3.05, 3.63) is 58.7 Å². The molecule has 2 aromatic carbocycles. The Morgan fingerprint density at radius 3 is 2.21 bits per heavy atom. The van der Waals surface area contributed by atoms with Crippen LogP contribution in [-0.4, -0.2) is 43.9 Å². The third-order valence-corrected chi connectivity index (χ3v) is 15.8. The van der Waals surface area contributed by atoms with Crippen LogP contribution in [-0.2, 0) is 54.5 Å². The second-order valence-corrected chi connectivity index (χ2v) is 18.2. The van der Waals surface area contributed by atoms with Crippen LogP contribution in [0.15, 0.2) is 36.4 Å². The third kappa shape index (κ3) is 5.55. The molecular weight excluding hydrogens is 652 g/mol. The molecule has 52 heavy (non-hydrogen) atoms. The van der Waals surface area contributed by atoms with Gasteiger partial charge in [0.2, 0.25) is 0 Å². The molecular formula is C44H56N2O6. The van der Waals surface area contributed by atoms with Gasteiger partial charge in [-0.15, -0.1) is 0 Å². The Hall–Kier alpha value is -3.55. The van der Waals surface area contributed by atoms with Crippen LogP contribution in [0.5, 0.6) is 0 Å². The lowest BCUT2D eigenvalue weighted by Gasteiger charge is -2.62. The first-order chi connectivity index (χ1) is 25.0. The highest BCUT2D eigenvalue weighted by Crippen LogP contribution is 2.69. The Labute approximate surface area is 308 Å². The summed E-state index contributed by atoms with van der Waals surface area (Å²) in [7, 11) is 1.47. The van der Waals surface area contributed by atoms with E-state index in [0.29, 0.717) is 48.3 Å². The van der Waals surface area contributed by atoms with E-state index in [1.54, 1.807) is 0 Å². The Morgan fingerprint density at radius 2 is 1.54 bits per heavy atom. The predicted molar refractivity (Wildman–Crippen MR) is 198 cm³/mol. The summed E-state index contributed by atoms with van der Waals surface area (Å²) in [5, 5.41) is 0. The normalized spacial score (nSPS) is 36.7. The first-order valence-corrected chi connectivity index (χ1v) is 20.2. The van der Waals surface area contributed by atoms with Gasteiger partial charge in [-0.1, -0.05) is 45.0 Å². The van der Waals surface area contributed by atoms with Crippen molar-refractivity contribution in [1.82, 2.24) is 0 Å². The first-order valence-electron chi connectivity index (χ1n) is 20.2. The third-order valence-electron chi connectivity index (χ3n) is 15.8. The summed E-state index contributed by atoms with van der Waals surface area (Å²) in [6.07, 6.45) is 9.98. The fraction of sp³-hybridized carbons (Fsp3) is 0.659. The summed E-state index contributed by atoms with van der Waals surface area (Å²) in [4.78, 5) is 44.6. The molecule has 13 aliphatic rings. The van der Waals surface area contributed by atoms with Crippen molar-refractivity contribution >= 4 is 29.3 Å². The molecule has 15 rings (SSSR count). The van der Waals surface area contributed by atoms with Crippen molar-refractivity contribution in [3.63, 3.8) is 0 Å². The Morgan fingerprint density at radius 1 is 0.865 bits per heavy atom. The molecule has 2 aromatic rings. The molecule has 9 heterocycles. The van der Waals surface area contributed by atoms with Crippen LogP contribution in [0.3, 0.4) is 0 Å². The minimum atomic E-state index is -0.168. The fourth-order valence-corrected chi connectivity index (χ4v) is 13.2. The van der Waals surface area contributed by atoms with Crippen molar-refractivity contribution in [2.75, 3.05) is 23.6 Å². The first kappa shape index (κ1) is 34.2. The van der Waals surface area contributed by atoms with E-state index >= 15 is 0 Å². The van der Waals surface area contributed by atoms with Gasteiger partial charge in [-0.2, -0.15) is 0 Å². The lowest BCUT2D eigenvalue weighted by molar-refractivity contribution is -0.199. The molecule has 0 spiro atoms. The van der Waals surface area contributed by atoms with E-state index in [9.17, 15) is 14.4 Å². The number of fused-ring (bicyclic) bond motifs is 2. The van der Waals surface area contributed by atoms with E-state index in [0.717, 1.165) is 75.8 Å². The highest BCUT2D eigenvalue weighted by atomic mass is 16.5. The summed E-state index contributed by atoms with van der Waals surface area (Å²) >= 11 is 0. The van der Waals surface area contributed by atoms with E-state index in [4.69, 9.17) is 14.2 Å². The van der Waals surface area contributed by atoms with Gasteiger partial charge >= 0.3 is 17.9 Å². The maximum absolute atomic E-state index is 14.2. The maximum Gasteiger partial charge on any atom is 0.310 e. The average molecular weight is 709 g/mol. The van der Waals surface area contributed by atoms with Gasteiger partial charge in [-0.3, -0.25) is 14.4 Å². The average Bonchev–Trinajstić information content (AvgIpc) is 3.48. The topological polar surface area (TPSA) is 85.4 Å². The van der Waals surface area contributed by atoms with Crippen LogP contribution in [0.4, 0.5) is 11.4 Å². The summed E-state index contributed by atoms with van der Waals surface area (Å²) < 4.78 is 18.1. The van der Waals surface area contributed by atoms with Gasteiger partial charge in [-0.05, 0) is 133 Å². The minimum absolute atomic E-state index is 0.0378. The molecule has 4 fully saturated rings. The lowest BCUT2D eigenvalue weighted by atomic mass is 9.43. The largest absolute Gasteiger partial charge is 0.469 e. The zero-order valence-corrected chi connectivity index (χ0v) is 31.5. The van der Waals surface area contributed by atoms with Gasteiger partial charge in [0.25, 0.3) is 0 Å². The number of nitrogens with zero attached hydrogens (tertiary/aromatic N) is 2. The zero-order valence-electron chi connectivity index (χ0n) is 31.5. The number of anilines is 2. The molecule has 13 bridgehead atoms. The summed E-state index contributed by atoms with van der Waals surface area (Å²) in [5.41, 5.74) is 6.92.